The molecule has 1 aromatic carbocycles. The van der Waals surface area contributed by atoms with Gasteiger partial charge < -0.3 is 19.5 Å². The van der Waals surface area contributed by atoms with Crippen LogP contribution in [-0.2, 0) is 4.74 Å². The molecule has 0 radical (unpaired) electrons. The lowest BCUT2D eigenvalue weighted by molar-refractivity contribution is 0.0290. The van der Waals surface area contributed by atoms with Gasteiger partial charge in [-0.2, -0.15) is 0 Å². The molecule has 3 heterocycles. The van der Waals surface area contributed by atoms with E-state index in [9.17, 15) is 4.79 Å². The molecule has 1 N–H and O–H groups in total. The van der Waals surface area contributed by atoms with Crippen LogP contribution in [0.15, 0.2) is 29.8 Å². The van der Waals surface area contributed by atoms with Gasteiger partial charge in [-0.15, -0.1) is 0 Å². The Morgan fingerprint density at radius 1 is 1.18 bits per heavy atom. The van der Waals surface area contributed by atoms with Gasteiger partial charge in [0.05, 0.1) is 12.2 Å². The lowest BCUT2D eigenvalue weighted by Crippen LogP contribution is -2.46. The Bertz CT molecular complexity index is 644. The highest BCUT2D eigenvalue weighted by molar-refractivity contribution is 5.71. The number of amides is 1. The SMILES string of the molecule is O=C(O)N1CCC2(CC1)COC1=C(COc3ccccc31)C2. The fourth-order valence-electron chi connectivity index (χ4n) is 3.73. The van der Waals surface area contributed by atoms with E-state index >= 15 is 0 Å². The molecule has 0 unspecified atom stereocenters. The molecule has 1 saturated heterocycles. The zero-order valence-corrected chi connectivity index (χ0v) is 12.4. The molecule has 1 fully saturated rings. The summed E-state index contributed by atoms with van der Waals surface area (Å²) in [6, 6.07) is 7.97. The van der Waals surface area contributed by atoms with Crippen molar-refractivity contribution in [1.29, 1.82) is 0 Å². The summed E-state index contributed by atoms with van der Waals surface area (Å²) >= 11 is 0. The number of hydrogen-bond acceptors (Lipinski definition) is 3. The highest BCUT2D eigenvalue weighted by Crippen LogP contribution is 2.47. The third kappa shape index (κ3) is 2.12. The Labute approximate surface area is 129 Å². The van der Waals surface area contributed by atoms with Gasteiger partial charge in [0.25, 0.3) is 0 Å². The first-order valence-electron chi connectivity index (χ1n) is 7.72. The molecule has 5 nitrogen and oxygen atoms in total. The standard InChI is InChI=1S/C17H19NO4/c19-16(20)18-7-5-17(6-8-18)9-12-10-21-14-4-2-1-3-13(14)15(12)22-11-17/h1-4H,5-11H2,(H,19,20). The average molecular weight is 301 g/mol. The Balaban J connectivity index is 1.57. The molecule has 0 saturated carbocycles. The molecular weight excluding hydrogens is 282 g/mol. The molecule has 1 aromatic rings. The van der Waals surface area contributed by atoms with Crippen LogP contribution in [0.1, 0.15) is 24.8 Å². The van der Waals surface area contributed by atoms with Gasteiger partial charge in [-0.3, -0.25) is 0 Å². The number of likely N-dealkylation sites (tertiary alicyclic amines) is 1. The van der Waals surface area contributed by atoms with E-state index in [1.807, 2.05) is 24.3 Å². The molecule has 4 rings (SSSR count). The zero-order valence-electron chi connectivity index (χ0n) is 12.4. The van der Waals surface area contributed by atoms with Crippen molar-refractivity contribution >= 4 is 11.9 Å². The molecule has 5 heteroatoms. The molecule has 3 aliphatic heterocycles. The van der Waals surface area contributed by atoms with E-state index in [0.717, 1.165) is 36.3 Å². The average Bonchev–Trinajstić information content (AvgIpc) is 2.55. The first-order valence-corrected chi connectivity index (χ1v) is 7.72. The quantitative estimate of drug-likeness (QED) is 0.800. The van der Waals surface area contributed by atoms with Crippen molar-refractivity contribution in [2.75, 3.05) is 26.3 Å². The van der Waals surface area contributed by atoms with E-state index in [-0.39, 0.29) is 5.41 Å². The second-order valence-electron chi connectivity index (χ2n) is 6.45. The number of nitrogens with zero attached hydrogens (tertiary/aromatic N) is 1. The number of para-hydroxylation sites is 1. The number of rotatable bonds is 0. The third-order valence-corrected chi connectivity index (χ3v) is 5.06. The number of benzene rings is 1. The molecule has 1 amide bonds. The van der Waals surface area contributed by atoms with Gasteiger partial charge in [-0.25, -0.2) is 4.79 Å². The summed E-state index contributed by atoms with van der Waals surface area (Å²) in [4.78, 5) is 12.6. The van der Waals surface area contributed by atoms with E-state index in [2.05, 4.69) is 0 Å². The monoisotopic (exact) mass is 301 g/mol. The number of carbonyl (C=O) groups is 1. The van der Waals surface area contributed by atoms with E-state index in [1.54, 1.807) is 0 Å². The van der Waals surface area contributed by atoms with Gasteiger partial charge in [0.1, 0.15) is 18.1 Å². The van der Waals surface area contributed by atoms with Crippen molar-refractivity contribution in [1.82, 2.24) is 4.90 Å². The normalized spacial score (nSPS) is 22.5. The molecule has 1 spiro atoms. The summed E-state index contributed by atoms with van der Waals surface area (Å²) in [5.74, 6) is 1.87. The van der Waals surface area contributed by atoms with Crippen LogP contribution in [0.25, 0.3) is 5.76 Å². The molecule has 116 valence electrons. The summed E-state index contributed by atoms with van der Waals surface area (Å²) in [6.45, 7) is 2.45. The minimum Gasteiger partial charge on any atom is -0.492 e. The molecule has 0 aliphatic carbocycles. The largest absolute Gasteiger partial charge is 0.492 e. The van der Waals surface area contributed by atoms with Crippen molar-refractivity contribution in [3.8, 4) is 5.75 Å². The van der Waals surface area contributed by atoms with Crippen LogP contribution in [0.4, 0.5) is 4.79 Å². The van der Waals surface area contributed by atoms with E-state index in [0.29, 0.717) is 26.3 Å². The van der Waals surface area contributed by atoms with Crippen molar-refractivity contribution in [2.45, 2.75) is 19.3 Å². The summed E-state index contributed by atoms with van der Waals surface area (Å²) in [7, 11) is 0. The van der Waals surface area contributed by atoms with Crippen LogP contribution in [0.2, 0.25) is 0 Å². The fourth-order valence-corrected chi connectivity index (χ4v) is 3.73. The molecule has 0 atom stereocenters. The molecule has 3 aliphatic rings. The lowest BCUT2D eigenvalue weighted by atomic mass is 9.72. The first kappa shape index (κ1) is 13.5. The highest BCUT2D eigenvalue weighted by atomic mass is 16.5. The highest BCUT2D eigenvalue weighted by Gasteiger charge is 2.42. The van der Waals surface area contributed by atoms with E-state index in [4.69, 9.17) is 14.6 Å². The van der Waals surface area contributed by atoms with Crippen LogP contribution in [0.3, 0.4) is 0 Å². The number of fused-ring (bicyclic) bond motifs is 2. The number of piperidine rings is 1. The predicted octanol–water partition coefficient (Wildman–Crippen LogP) is 2.97. The van der Waals surface area contributed by atoms with Crippen LogP contribution in [-0.4, -0.2) is 42.4 Å². The van der Waals surface area contributed by atoms with Crippen LogP contribution < -0.4 is 4.74 Å². The summed E-state index contributed by atoms with van der Waals surface area (Å²) in [6.07, 6.45) is 1.85. The number of ether oxygens (including phenoxy) is 2. The Morgan fingerprint density at radius 2 is 1.95 bits per heavy atom. The predicted molar refractivity (Wildman–Crippen MR) is 80.7 cm³/mol. The second kappa shape index (κ2) is 4.93. The Hall–Kier alpha value is -2.17. The minimum absolute atomic E-state index is 0.0699. The van der Waals surface area contributed by atoms with Crippen molar-refractivity contribution in [3.63, 3.8) is 0 Å². The van der Waals surface area contributed by atoms with Crippen LogP contribution in [0, 0.1) is 5.41 Å². The topological polar surface area (TPSA) is 59.0 Å². The molecule has 0 aromatic heterocycles. The van der Waals surface area contributed by atoms with Gasteiger partial charge in [-0.1, -0.05) is 12.1 Å². The van der Waals surface area contributed by atoms with Gasteiger partial charge in [-0.05, 0) is 31.4 Å². The molecular formula is C17H19NO4. The molecule has 22 heavy (non-hydrogen) atoms. The summed E-state index contributed by atoms with van der Waals surface area (Å²) < 4.78 is 12.0. The zero-order chi connectivity index (χ0) is 15.2. The van der Waals surface area contributed by atoms with Gasteiger partial charge in [0.15, 0.2) is 0 Å². The maximum Gasteiger partial charge on any atom is 0.407 e. The molecule has 0 bridgehead atoms. The Morgan fingerprint density at radius 3 is 2.73 bits per heavy atom. The maximum atomic E-state index is 11.1. The number of carboxylic acid groups (broad SMARTS) is 1. The minimum atomic E-state index is -0.818. The van der Waals surface area contributed by atoms with E-state index in [1.165, 1.54) is 10.5 Å². The van der Waals surface area contributed by atoms with Crippen molar-refractivity contribution < 1.29 is 19.4 Å². The van der Waals surface area contributed by atoms with Crippen molar-refractivity contribution in [2.24, 2.45) is 5.41 Å². The number of hydrogen-bond donors (Lipinski definition) is 1. The first-order chi connectivity index (χ1) is 10.7. The van der Waals surface area contributed by atoms with Crippen LogP contribution in [0.5, 0.6) is 5.75 Å². The summed E-state index contributed by atoms with van der Waals surface area (Å²) in [5.41, 5.74) is 2.33. The third-order valence-electron chi connectivity index (χ3n) is 5.06. The van der Waals surface area contributed by atoms with Crippen molar-refractivity contribution in [3.05, 3.63) is 35.4 Å². The second-order valence-corrected chi connectivity index (χ2v) is 6.45. The summed E-state index contributed by atoms with van der Waals surface area (Å²) in [5, 5.41) is 9.09. The van der Waals surface area contributed by atoms with E-state index < -0.39 is 6.09 Å². The van der Waals surface area contributed by atoms with Gasteiger partial charge >= 0.3 is 6.09 Å². The van der Waals surface area contributed by atoms with Gasteiger partial charge in [0.2, 0.25) is 0 Å². The van der Waals surface area contributed by atoms with Gasteiger partial charge in [0, 0.05) is 24.1 Å². The lowest BCUT2D eigenvalue weighted by Gasteiger charge is -2.45. The van der Waals surface area contributed by atoms with Crippen LogP contribution >= 0.6 is 0 Å². The fraction of sp³-hybridized carbons (Fsp3) is 0.471. The smallest absolute Gasteiger partial charge is 0.407 e. The maximum absolute atomic E-state index is 11.1. The Kier molecular flexibility index (Phi) is 3.03.